The lowest BCUT2D eigenvalue weighted by atomic mass is 9.74. The smallest absolute Gasteiger partial charge is 0.276 e. The summed E-state index contributed by atoms with van der Waals surface area (Å²) in [5.74, 6) is -0.966. The van der Waals surface area contributed by atoms with Crippen molar-refractivity contribution >= 4 is 17.8 Å². The van der Waals surface area contributed by atoms with Crippen molar-refractivity contribution in [3.63, 3.8) is 0 Å². The van der Waals surface area contributed by atoms with Crippen LogP contribution in [0.2, 0.25) is 0 Å². The molecule has 0 aromatic carbocycles. The Bertz CT molecular complexity index is 401. The van der Waals surface area contributed by atoms with E-state index in [0.29, 0.717) is 12.0 Å². The molecule has 0 spiro atoms. The van der Waals surface area contributed by atoms with Crippen molar-refractivity contribution in [2.75, 3.05) is 7.05 Å². The van der Waals surface area contributed by atoms with Crippen LogP contribution in [0.1, 0.15) is 33.6 Å². The van der Waals surface area contributed by atoms with Gasteiger partial charge in [0.05, 0.1) is 0 Å². The Labute approximate surface area is 101 Å². The number of rotatable bonds is 3. The lowest BCUT2D eigenvalue weighted by Crippen LogP contribution is -2.62. The highest BCUT2D eigenvalue weighted by Gasteiger charge is 2.52. The fourth-order valence-corrected chi connectivity index (χ4v) is 2.18. The van der Waals surface area contributed by atoms with E-state index in [2.05, 4.69) is 5.32 Å². The normalized spacial score (nSPS) is 26.2. The number of imide groups is 2. The van der Waals surface area contributed by atoms with E-state index in [-0.39, 0.29) is 0 Å². The van der Waals surface area contributed by atoms with Crippen LogP contribution in [0, 0.1) is 5.41 Å². The Balaban J connectivity index is 3.30. The molecule has 5 nitrogen and oxygen atoms in total. The topological polar surface area (TPSA) is 66.5 Å². The third-order valence-electron chi connectivity index (χ3n) is 3.30. The third-order valence-corrected chi connectivity index (χ3v) is 3.30. The molecule has 0 aromatic heterocycles. The number of barbiturate groups is 1. The van der Waals surface area contributed by atoms with Crippen molar-refractivity contribution in [2.45, 2.75) is 33.6 Å². The molecule has 1 fully saturated rings. The second kappa shape index (κ2) is 4.69. The molecule has 1 heterocycles. The number of amides is 4. The van der Waals surface area contributed by atoms with Gasteiger partial charge in [-0.15, -0.1) is 0 Å². The minimum atomic E-state index is -1.22. The fourth-order valence-electron chi connectivity index (χ4n) is 2.18. The number of hydrogen-bond donors (Lipinski definition) is 1. The number of nitrogens with zero attached hydrogens (tertiary/aromatic N) is 1. The Morgan fingerprint density at radius 2 is 1.94 bits per heavy atom. The zero-order chi connectivity index (χ0) is 13.2. The molecule has 0 bridgehead atoms. The summed E-state index contributed by atoms with van der Waals surface area (Å²) in [5.41, 5.74) is -0.525. The van der Waals surface area contributed by atoms with Crippen molar-refractivity contribution in [1.82, 2.24) is 10.2 Å². The van der Waals surface area contributed by atoms with Crippen molar-refractivity contribution < 1.29 is 14.4 Å². The van der Waals surface area contributed by atoms with E-state index >= 15 is 0 Å². The Kier molecular flexibility index (Phi) is 3.70. The van der Waals surface area contributed by atoms with Crippen molar-refractivity contribution in [3.8, 4) is 0 Å². The first-order chi connectivity index (χ1) is 7.91. The van der Waals surface area contributed by atoms with Gasteiger partial charge in [-0.05, 0) is 19.8 Å². The highest BCUT2D eigenvalue weighted by Crippen LogP contribution is 2.36. The van der Waals surface area contributed by atoms with Crippen LogP contribution in [-0.2, 0) is 9.59 Å². The predicted octanol–water partition coefficient (Wildman–Crippen LogP) is 1.45. The number of allylic oxidation sites excluding steroid dienone is 1. The van der Waals surface area contributed by atoms with Crippen molar-refractivity contribution in [3.05, 3.63) is 11.6 Å². The van der Waals surface area contributed by atoms with Gasteiger partial charge < -0.3 is 0 Å². The molecule has 5 heteroatoms. The van der Waals surface area contributed by atoms with E-state index in [0.717, 1.165) is 11.3 Å². The van der Waals surface area contributed by atoms with E-state index in [1.54, 1.807) is 13.8 Å². The zero-order valence-corrected chi connectivity index (χ0v) is 10.7. The van der Waals surface area contributed by atoms with Gasteiger partial charge >= 0.3 is 6.03 Å². The lowest BCUT2D eigenvalue weighted by molar-refractivity contribution is -0.148. The van der Waals surface area contributed by atoms with Gasteiger partial charge in [0, 0.05) is 7.05 Å². The molecule has 94 valence electrons. The number of hydrogen-bond acceptors (Lipinski definition) is 3. The van der Waals surface area contributed by atoms with E-state index in [4.69, 9.17) is 0 Å². The predicted molar refractivity (Wildman–Crippen MR) is 63.1 cm³/mol. The molecule has 1 aliphatic rings. The SMILES string of the molecule is CC/C=C(\C)C1(CC)C(=O)NC(=O)N(C)C1=O. The maximum atomic E-state index is 12.2. The van der Waals surface area contributed by atoms with Gasteiger partial charge in [0.15, 0.2) is 0 Å². The largest absolute Gasteiger partial charge is 0.330 e. The molecule has 1 saturated heterocycles. The number of carbonyl (C=O) groups excluding carboxylic acids is 3. The fraction of sp³-hybridized carbons (Fsp3) is 0.583. The van der Waals surface area contributed by atoms with Gasteiger partial charge in [-0.1, -0.05) is 25.5 Å². The van der Waals surface area contributed by atoms with Crippen molar-refractivity contribution in [1.29, 1.82) is 0 Å². The van der Waals surface area contributed by atoms with Crippen LogP contribution in [0.3, 0.4) is 0 Å². The van der Waals surface area contributed by atoms with Gasteiger partial charge in [0.2, 0.25) is 11.8 Å². The summed E-state index contributed by atoms with van der Waals surface area (Å²) in [6.45, 7) is 5.47. The molecule has 0 saturated carbocycles. The van der Waals surface area contributed by atoms with Gasteiger partial charge in [0.25, 0.3) is 0 Å². The zero-order valence-electron chi connectivity index (χ0n) is 10.7. The molecule has 1 aliphatic heterocycles. The molecule has 1 rings (SSSR count). The second-order valence-electron chi connectivity index (χ2n) is 4.18. The van der Waals surface area contributed by atoms with Crippen LogP contribution in [0.5, 0.6) is 0 Å². The second-order valence-corrected chi connectivity index (χ2v) is 4.18. The molecule has 0 radical (unpaired) electrons. The first kappa shape index (κ1) is 13.4. The van der Waals surface area contributed by atoms with E-state index in [1.807, 2.05) is 13.0 Å². The molecular formula is C12H18N2O3. The molecule has 1 atom stereocenters. The average Bonchev–Trinajstić information content (AvgIpc) is 2.28. The molecular weight excluding hydrogens is 220 g/mol. The maximum Gasteiger partial charge on any atom is 0.330 e. The molecule has 0 aromatic rings. The Hall–Kier alpha value is -1.65. The quantitative estimate of drug-likeness (QED) is 0.597. The van der Waals surface area contributed by atoms with E-state index in [1.165, 1.54) is 7.05 Å². The summed E-state index contributed by atoms with van der Waals surface area (Å²) >= 11 is 0. The minimum absolute atomic E-state index is 0.345. The standard InChI is InChI=1S/C12H18N2O3/c1-5-7-8(3)12(6-2)9(15)13-11(17)14(4)10(12)16/h7H,5-6H2,1-4H3,(H,13,15,17)/b8-7+. The van der Waals surface area contributed by atoms with Gasteiger partial charge in [-0.3, -0.25) is 19.8 Å². The first-order valence-electron chi connectivity index (χ1n) is 5.72. The third kappa shape index (κ3) is 1.85. The number of urea groups is 1. The summed E-state index contributed by atoms with van der Waals surface area (Å²) in [7, 11) is 1.38. The van der Waals surface area contributed by atoms with E-state index in [9.17, 15) is 14.4 Å². The van der Waals surface area contributed by atoms with E-state index < -0.39 is 23.3 Å². The van der Waals surface area contributed by atoms with Crippen LogP contribution in [0.4, 0.5) is 4.79 Å². The number of carbonyl (C=O) groups is 3. The average molecular weight is 238 g/mol. The Morgan fingerprint density at radius 3 is 2.41 bits per heavy atom. The summed E-state index contributed by atoms with van der Waals surface area (Å²) in [4.78, 5) is 36.6. The molecule has 1 unspecified atom stereocenters. The Morgan fingerprint density at radius 1 is 1.35 bits per heavy atom. The molecule has 0 aliphatic carbocycles. The lowest BCUT2D eigenvalue weighted by Gasteiger charge is -2.38. The van der Waals surface area contributed by atoms with Crippen LogP contribution < -0.4 is 5.32 Å². The highest BCUT2D eigenvalue weighted by atomic mass is 16.2. The summed E-state index contributed by atoms with van der Waals surface area (Å²) in [6, 6.07) is -0.659. The molecule has 4 amide bonds. The van der Waals surface area contributed by atoms with Crippen LogP contribution in [0.15, 0.2) is 11.6 Å². The highest BCUT2D eigenvalue weighted by molar-refractivity contribution is 6.20. The minimum Gasteiger partial charge on any atom is -0.276 e. The maximum absolute atomic E-state index is 12.2. The van der Waals surface area contributed by atoms with Crippen molar-refractivity contribution in [2.24, 2.45) is 5.41 Å². The summed E-state index contributed by atoms with van der Waals surface area (Å²) < 4.78 is 0. The van der Waals surface area contributed by atoms with Gasteiger partial charge in [-0.25, -0.2) is 4.79 Å². The molecule has 1 N–H and O–H groups in total. The van der Waals surface area contributed by atoms with Gasteiger partial charge in [-0.2, -0.15) is 0 Å². The van der Waals surface area contributed by atoms with Crippen LogP contribution in [-0.4, -0.2) is 29.8 Å². The first-order valence-corrected chi connectivity index (χ1v) is 5.72. The monoisotopic (exact) mass is 238 g/mol. The van der Waals surface area contributed by atoms with Gasteiger partial charge in [0.1, 0.15) is 5.41 Å². The molecule has 17 heavy (non-hydrogen) atoms. The summed E-state index contributed by atoms with van der Waals surface area (Å²) in [6.07, 6.45) is 2.94. The summed E-state index contributed by atoms with van der Waals surface area (Å²) in [5, 5.41) is 2.23. The number of nitrogens with one attached hydrogen (secondary N) is 1. The van der Waals surface area contributed by atoms with Crippen LogP contribution >= 0.6 is 0 Å². The van der Waals surface area contributed by atoms with Crippen LogP contribution in [0.25, 0.3) is 0 Å².